The molecule has 1 aromatic carbocycles. The van der Waals surface area contributed by atoms with Gasteiger partial charge in [-0.25, -0.2) is 4.98 Å². The third-order valence-electron chi connectivity index (χ3n) is 4.85. The van der Waals surface area contributed by atoms with E-state index in [-0.39, 0.29) is 18.0 Å². The van der Waals surface area contributed by atoms with Crippen LogP contribution in [-0.2, 0) is 11.3 Å². The van der Waals surface area contributed by atoms with Gasteiger partial charge in [-0.1, -0.05) is 24.3 Å². The third-order valence-corrected chi connectivity index (χ3v) is 6.64. The molecule has 4 rings (SSSR count). The number of hydrogen-bond donors (Lipinski definition) is 1. The van der Waals surface area contributed by atoms with Crippen molar-refractivity contribution in [3.05, 3.63) is 69.9 Å². The van der Waals surface area contributed by atoms with Crippen LogP contribution < -0.4 is 15.8 Å². The number of rotatable bonds is 8. The maximum absolute atomic E-state index is 13.0. The fourth-order valence-electron chi connectivity index (χ4n) is 3.26. The van der Waals surface area contributed by atoms with Crippen molar-refractivity contribution < 1.29 is 4.79 Å². The second kappa shape index (κ2) is 9.23. The van der Waals surface area contributed by atoms with E-state index in [1.54, 1.807) is 11.3 Å². The highest BCUT2D eigenvalue weighted by molar-refractivity contribution is 7.18. The molecule has 154 valence electrons. The van der Waals surface area contributed by atoms with Gasteiger partial charge in [0.1, 0.15) is 11.4 Å². The monoisotopic (exact) mass is 438 g/mol. The maximum atomic E-state index is 13.0. The maximum Gasteiger partial charge on any atom is 0.263 e. The van der Waals surface area contributed by atoms with Gasteiger partial charge in [-0.2, -0.15) is 0 Å². The van der Waals surface area contributed by atoms with E-state index in [1.807, 2.05) is 48.1 Å². The van der Waals surface area contributed by atoms with E-state index >= 15 is 0 Å². The number of carbonyl (C=O) groups is 1. The van der Waals surface area contributed by atoms with E-state index < -0.39 is 0 Å². The van der Waals surface area contributed by atoms with Crippen molar-refractivity contribution in [1.82, 2.24) is 14.9 Å². The number of aromatic nitrogens is 2. The molecule has 30 heavy (non-hydrogen) atoms. The van der Waals surface area contributed by atoms with Crippen molar-refractivity contribution >= 4 is 44.5 Å². The van der Waals surface area contributed by atoms with Crippen molar-refractivity contribution in [2.75, 3.05) is 25.0 Å². The summed E-state index contributed by atoms with van der Waals surface area (Å²) < 4.78 is 1.39. The van der Waals surface area contributed by atoms with Crippen LogP contribution in [0.4, 0.5) is 5.69 Å². The Morgan fingerprint density at radius 2 is 2.00 bits per heavy atom. The van der Waals surface area contributed by atoms with Gasteiger partial charge >= 0.3 is 0 Å². The second-order valence-electron chi connectivity index (χ2n) is 6.95. The first-order chi connectivity index (χ1) is 14.6. The molecule has 0 saturated carbocycles. The predicted molar refractivity (Wildman–Crippen MR) is 125 cm³/mol. The van der Waals surface area contributed by atoms with Crippen molar-refractivity contribution in [3.8, 4) is 10.4 Å². The number of para-hydroxylation sites is 1. The molecule has 0 atom stereocenters. The van der Waals surface area contributed by atoms with Gasteiger partial charge in [0.25, 0.3) is 5.56 Å². The summed E-state index contributed by atoms with van der Waals surface area (Å²) in [6.45, 7) is 1.35. The zero-order valence-electron chi connectivity index (χ0n) is 16.6. The summed E-state index contributed by atoms with van der Waals surface area (Å²) in [7, 11) is 2.03. The van der Waals surface area contributed by atoms with E-state index in [0.29, 0.717) is 16.8 Å². The average Bonchev–Trinajstić information content (AvgIpc) is 3.43. The lowest BCUT2D eigenvalue weighted by Gasteiger charge is -2.19. The van der Waals surface area contributed by atoms with Crippen LogP contribution in [0, 0.1) is 0 Å². The van der Waals surface area contributed by atoms with Gasteiger partial charge < -0.3 is 10.2 Å². The SMILES string of the molecule is CN(CCCNC(=O)Cn1cnc2scc(-c3cccs3)c2c1=O)c1ccccc1. The zero-order chi connectivity index (χ0) is 20.9. The quantitative estimate of drug-likeness (QED) is 0.425. The standard InChI is InChI=1S/C22H22N4O2S2/c1-25(16-7-3-2-4-8-16)11-6-10-23-19(27)13-26-15-24-21-20(22(26)28)17(14-30-21)18-9-5-12-29-18/h2-5,7-9,12,14-15H,6,10-11,13H2,1H3,(H,23,27). The van der Waals surface area contributed by atoms with Gasteiger partial charge in [0.05, 0.1) is 11.7 Å². The first-order valence-corrected chi connectivity index (χ1v) is 11.4. The minimum Gasteiger partial charge on any atom is -0.375 e. The van der Waals surface area contributed by atoms with Crippen LogP contribution in [0.3, 0.4) is 0 Å². The molecule has 3 aromatic heterocycles. The van der Waals surface area contributed by atoms with Crippen LogP contribution in [0.2, 0.25) is 0 Å². The van der Waals surface area contributed by atoms with Crippen molar-refractivity contribution in [1.29, 1.82) is 0 Å². The number of fused-ring (bicyclic) bond motifs is 1. The normalized spacial score (nSPS) is 11.0. The summed E-state index contributed by atoms with van der Waals surface area (Å²) in [5, 5.41) is 7.43. The molecule has 1 N–H and O–H groups in total. The zero-order valence-corrected chi connectivity index (χ0v) is 18.2. The first-order valence-electron chi connectivity index (χ1n) is 9.67. The topological polar surface area (TPSA) is 67.2 Å². The summed E-state index contributed by atoms with van der Waals surface area (Å²) in [6, 6.07) is 14.1. The molecule has 0 aliphatic rings. The van der Waals surface area contributed by atoms with Crippen molar-refractivity contribution in [2.45, 2.75) is 13.0 Å². The number of amides is 1. The Balaban J connectivity index is 1.36. The smallest absolute Gasteiger partial charge is 0.263 e. The van der Waals surface area contributed by atoms with E-state index in [2.05, 4.69) is 27.3 Å². The van der Waals surface area contributed by atoms with E-state index in [4.69, 9.17) is 0 Å². The number of thiophene rings is 2. The van der Waals surface area contributed by atoms with Crippen LogP contribution in [0.5, 0.6) is 0 Å². The molecule has 1 amide bonds. The largest absolute Gasteiger partial charge is 0.375 e. The van der Waals surface area contributed by atoms with Crippen LogP contribution >= 0.6 is 22.7 Å². The first kappa shape index (κ1) is 20.3. The number of benzene rings is 1. The Bertz CT molecular complexity index is 1180. The molecule has 0 radical (unpaired) electrons. The fraction of sp³-hybridized carbons (Fsp3) is 0.227. The van der Waals surface area contributed by atoms with E-state index in [0.717, 1.165) is 29.1 Å². The Kier molecular flexibility index (Phi) is 6.25. The third kappa shape index (κ3) is 4.44. The number of nitrogens with one attached hydrogen (secondary N) is 1. The van der Waals surface area contributed by atoms with Gasteiger partial charge in [-0.3, -0.25) is 14.2 Å². The molecular weight excluding hydrogens is 416 g/mol. The Morgan fingerprint density at radius 1 is 1.17 bits per heavy atom. The lowest BCUT2D eigenvalue weighted by atomic mass is 10.2. The van der Waals surface area contributed by atoms with Crippen LogP contribution in [0.1, 0.15) is 6.42 Å². The molecule has 0 spiro atoms. The summed E-state index contributed by atoms with van der Waals surface area (Å²) in [4.78, 5) is 33.6. The Hall–Kier alpha value is -2.97. The highest BCUT2D eigenvalue weighted by Crippen LogP contribution is 2.33. The predicted octanol–water partition coefficient (Wildman–Crippen LogP) is 3.83. The molecule has 4 aromatic rings. The van der Waals surface area contributed by atoms with Gasteiger partial charge in [0.15, 0.2) is 0 Å². The van der Waals surface area contributed by atoms with Gasteiger partial charge in [-0.15, -0.1) is 22.7 Å². The molecule has 0 aliphatic heterocycles. The summed E-state index contributed by atoms with van der Waals surface area (Å²) >= 11 is 3.03. The number of carbonyl (C=O) groups excluding carboxylic acids is 1. The summed E-state index contributed by atoms with van der Waals surface area (Å²) in [5.74, 6) is -0.187. The van der Waals surface area contributed by atoms with Gasteiger partial charge in [0, 0.05) is 41.6 Å². The highest BCUT2D eigenvalue weighted by Gasteiger charge is 2.15. The van der Waals surface area contributed by atoms with Crippen molar-refractivity contribution in [3.63, 3.8) is 0 Å². The molecule has 0 bridgehead atoms. The van der Waals surface area contributed by atoms with E-state index in [1.165, 1.54) is 22.2 Å². The molecule has 8 heteroatoms. The van der Waals surface area contributed by atoms with Gasteiger partial charge in [-0.05, 0) is 30.0 Å². The van der Waals surface area contributed by atoms with Crippen LogP contribution in [-0.4, -0.2) is 35.6 Å². The number of anilines is 1. The molecule has 0 fully saturated rings. The van der Waals surface area contributed by atoms with Crippen LogP contribution in [0.25, 0.3) is 20.7 Å². The minimum atomic E-state index is -0.187. The van der Waals surface area contributed by atoms with E-state index in [9.17, 15) is 9.59 Å². The Morgan fingerprint density at radius 3 is 2.77 bits per heavy atom. The number of hydrogen-bond acceptors (Lipinski definition) is 6. The molecule has 0 unspecified atom stereocenters. The minimum absolute atomic E-state index is 0.0317. The van der Waals surface area contributed by atoms with Gasteiger partial charge in [0.2, 0.25) is 5.91 Å². The summed E-state index contributed by atoms with van der Waals surface area (Å²) in [5.41, 5.74) is 1.86. The molecule has 0 saturated heterocycles. The van der Waals surface area contributed by atoms with Crippen molar-refractivity contribution in [2.24, 2.45) is 0 Å². The molecule has 3 heterocycles. The fourth-order valence-corrected chi connectivity index (χ4v) is 4.98. The lowest BCUT2D eigenvalue weighted by molar-refractivity contribution is -0.121. The second-order valence-corrected chi connectivity index (χ2v) is 8.75. The number of nitrogens with zero attached hydrogens (tertiary/aromatic N) is 3. The molecular formula is C22H22N4O2S2. The molecule has 6 nitrogen and oxygen atoms in total. The lowest BCUT2D eigenvalue weighted by Crippen LogP contribution is -2.34. The Labute approximate surface area is 182 Å². The average molecular weight is 439 g/mol. The van der Waals surface area contributed by atoms with Crippen LogP contribution in [0.15, 0.2) is 64.3 Å². The summed E-state index contributed by atoms with van der Waals surface area (Å²) in [6.07, 6.45) is 2.28. The molecule has 0 aliphatic carbocycles. The highest BCUT2D eigenvalue weighted by atomic mass is 32.1.